The molecule has 1 aromatic carbocycles. The zero-order valence-electron chi connectivity index (χ0n) is 9.16. The molecule has 4 heteroatoms. The lowest BCUT2D eigenvalue weighted by molar-refractivity contribution is 0.158. The van der Waals surface area contributed by atoms with Crippen LogP contribution >= 0.6 is 15.9 Å². The van der Waals surface area contributed by atoms with Crippen molar-refractivity contribution in [3.05, 3.63) is 28.2 Å². The van der Waals surface area contributed by atoms with Crippen molar-refractivity contribution in [2.24, 2.45) is 0 Å². The van der Waals surface area contributed by atoms with E-state index >= 15 is 0 Å². The highest BCUT2D eigenvalue weighted by Crippen LogP contribution is 2.20. The van der Waals surface area contributed by atoms with Crippen LogP contribution in [-0.2, 0) is 11.3 Å². The fourth-order valence-corrected chi connectivity index (χ4v) is 1.83. The van der Waals surface area contributed by atoms with E-state index in [0.717, 1.165) is 29.9 Å². The first-order chi connectivity index (χ1) is 7.13. The number of hydrogen-bond donors (Lipinski definition) is 1. The molecule has 0 fully saturated rings. The molecule has 2 N–H and O–H groups in total. The number of halogens is 1. The van der Waals surface area contributed by atoms with Crippen molar-refractivity contribution in [2.75, 3.05) is 33.0 Å². The lowest BCUT2D eigenvalue weighted by atomic mass is 10.2. The third-order valence-electron chi connectivity index (χ3n) is 2.19. The van der Waals surface area contributed by atoms with Gasteiger partial charge in [-0.05, 0) is 24.7 Å². The molecule has 15 heavy (non-hydrogen) atoms. The lowest BCUT2D eigenvalue weighted by Gasteiger charge is -2.17. The van der Waals surface area contributed by atoms with Gasteiger partial charge >= 0.3 is 0 Å². The SMILES string of the molecule is COCCN(C)Cc1ccc(N)cc1Br. The van der Waals surface area contributed by atoms with Gasteiger partial charge in [-0.2, -0.15) is 0 Å². The van der Waals surface area contributed by atoms with Gasteiger partial charge < -0.3 is 10.5 Å². The molecule has 0 aliphatic heterocycles. The Balaban J connectivity index is 2.56. The highest BCUT2D eigenvalue weighted by Gasteiger charge is 2.04. The molecule has 0 unspecified atom stereocenters. The van der Waals surface area contributed by atoms with Crippen LogP contribution in [0, 0.1) is 0 Å². The molecule has 0 amide bonds. The first kappa shape index (κ1) is 12.5. The maximum Gasteiger partial charge on any atom is 0.0589 e. The summed E-state index contributed by atoms with van der Waals surface area (Å²) in [6.45, 7) is 2.57. The van der Waals surface area contributed by atoms with Gasteiger partial charge in [0.2, 0.25) is 0 Å². The van der Waals surface area contributed by atoms with E-state index < -0.39 is 0 Å². The van der Waals surface area contributed by atoms with Crippen LogP contribution in [0.4, 0.5) is 5.69 Å². The summed E-state index contributed by atoms with van der Waals surface area (Å²) in [6, 6.07) is 5.90. The third-order valence-corrected chi connectivity index (χ3v) is 2.93. The fourth-order valence-electron chi connectivity index (χ4n) is 1.31. The van der Waals surface area contributed by atoms with Gasteiger partial charge in [-0.1, -0.05) is 22.0 Å². The summed E-state index contributed by atoms with van der Waals surface area (Å²) in [6.07, 6.45) is 0. The Kier molecular flexibility index (Phi) is 5.08. The minimum absolute atomic E-state index is 0.753. The molecule has 0 spiro atoms. The number of nitrogens with two attached hydrogens (primary N) is 1. The molecule has 0 atom stereocenters. The summed E-state index contributed by atoms with van der Waals surface area (Å²) in [5.74, 6) is 0. The molecule has 0 bridgehead atoms. The second kappa shape index (κ2) is 6.10. The second-order valence-electron chi connectivity index (χ2n) is 3.58. The highest BCUT2D eigenvalue weighted by atomic mass is 79.9. The molecule has 0 radical (unpaired) electrons. The maximum absolute atomic E-state index is 5.67. The summed E-state index contributed by atoms with van der Waals surface area (Å²) < 4.78 is 6.09. The molecule has 0 saturated carbocycles. The van der Waals surface area contributed by atoms with E-state index in [1.54, 1.807) is 7.11 Å². The van der Waals surface area contributed by atoms with Crippen molar-refractivity contribution in [3.63, 3.8) is 0 Å². The Labute approximate surface area is 99.3 Å². The van der Waals surface area contributed by atoms with Gasteiger partial charge in [-0.3, -0.25) is 4.90 Å². The van der Waals surface area contributed by atoms with E-state index in [1.807, 2.05) is 18.2 Å². The van der Waals surface area contributed by atoms with Crippen LogP contribution in [0.2, 0.25) is 0 Å². The summed E-state index contributed by atoms with van der Waals surface area (Å²) >= 11 is 3.51. The minimum atomic E-state index is 0.753. The Hall–Kier alpha value is -0.580. The van der Waals surface area contributed by atoms with Crippen LogP contribution in [-0.4, -0.2) is 32.2 Å². The second-order valence-corrected chi connectivity index (χ2v) is 4.44. The molecule has 1 aromatic rings. The molecule has 0 aliphatic carbocycles. The van der Waals surface area contributed by atoms with E-state index in [2.05, 4.69) is 27.9 Å². The van der Waals surface area contributed by atoms with Gasteiger partial charge in [0.05, 0.1) is 6.61 Å². The van der Waals surface area contributed by atoms with Crippen LogP contribution in [0.15, 0.2) is 22.7 Å². The topological polar surface area (TPSA) is 38.5 Å². The predicted molar refractivity (Wildman–Crippen MR) is 66.8 cm³/mol. The standard InChI is InChI=1S/C11H17BrN2O/c1-14(5-6-15-2)8-9-3-4-10(13)7-11(9)12/h3-4,7H,5-6,8,13H2,1-2H3. The summed E-state index contributed by atoms with van der Waals surface area (Å²) in [7, 11) is 3.79. The minimum Gasteiger partial charge on any atom is -0.399 e. The van der Waals surface area contributed by atoms with Crippen molar-refractivity contribution in [2.45, 2.75) is 6.54 Å². The smallest absolute Gasteiger partial charge is 0.0589 e. The molecule has 0 aromatic heterocycles. The number of ether oxygens (including phenoxy) is 1. The molecular formula is C11H17BrN2O. The monoisotopic (exact) mass is 272 g/mol. The Bertz CT molecular complexity index is 317. The van der Waals surface area contributed by atoms with Crippen molar-refractivity contribution in [3.8, 4) is 0 Å². The Morgan fingerprint density at radius 3 is 2.80 bits per heavy atom. The van der Waals surface area contributed by atoms with Gasteiger partial charge in [-0.25, -0.2) is 0 Å². The van der Waals surface area contributed by atoms with Gasteiger partial charge in [-0.15, -0.1) is 0 Å². The Morgan fingerprint density at radius 2 is 2.20 bits per heavy atom. The molecule has 0 aliphatic rings. The lowest BCUT2D eigenvalue weighted by Crippen LogP contribution is -2.22. The maximum atomic E-state index is 5.67. The first-order valence-corrected chi connectivity index (χ1v) is 5.64. The van der Waals surface area contributed by atoms with Crippen LogP contribution < -0.4 is 5.73 Å². The normalized spacial score (nSPS) is 10.9. The quantitative estimate of drug-likeness (QED) is 0.835. The molecule has 3 nitrogen and oxygen atoms in total. The number of rotatable bonds is 5. The van der Waals surface area contributed by atoms with Gasteiger partial charge in [0, 0.05) is 30.4 Å². The number of nitrogens with zero attached hydrogens (tertiary/aromatic N) is 1. The highest BCUT2D eigenvalue weighted by molar-refractivity contribution is 9.10. The summed E-state index contributed by atoms with van der Waals surface area (Å²) in [5, 5.41) is 0. The van der Waals surface area contributed by atoms with E-state index in [0.29, 0.717) is 0 Å². The van der Waals surface area contributed by atoms with Gasteiger partial charge in [0.1, 0.15) is 0 Å². The van der Waals surface area contributed by atoms with Gasteiger partial charge in [0.15, 0.2) is 0 Å². The average Bonchev–Trinajstić information content (AvgIpc) is 2.19. The zero-order valence-corrected chi connectivity index (χ0v) is 10.8. The first-order valence-electron chi connectivity index (χ1n) is 4.85. The molecular weight excluding hydrogens is 256 g/mol. The van der Waals surface area contributed by atoms with E-state index in [9.17, 15) is 0 Å². The largest absolute Gasteiger partial charge is 0.399 e. The van der Waals surface area contributed by atoms with Crippen LogP contribution in [0.5, 0.6) is 0 Å². The van der Waals surface area contributed by atoms with Gasteiger partial charge in [0.25, 0.3) is 0 Å². The number of methoxy groups -OCH3 is 1. The number of likely N-dealkylation sites (N-methyl/N-ethyl adjacent to an activating group) is 1. The fraction of sp³-hybridized carbons (Fsp3) is 0.455. The number of anilines is 1. The van der Waals surface area contributed by atoms with Crippen molar-refractivity contribution >= 4 is 21.6 Å². The van der Waals surface area contributed by atoms with E-state index in [4.69, 9.17) is 10.5 Å². The molecule has 0 heterocycles. The van der Waals surface area contributed by atoms with Crippen molar-refractivity contribution in [1.29, 1.82) is 0 Å². The van der Waals surface area contributed by atoms with Crippen molar-refractivity contribution in [1.82, 2.24) is 4.90 Å². The predicted octanol–water partition coefficient (Wildman–Crippen LogP) is 2.11. The number of benzene rings is 1. The Morgan fingerprint density at radius 1 is 1.47 bits per heavy atom. The van der Waals surface area contributed by atoms with Crippen LogP contribution in [0.1, 0.15) is 5.56 Å². The average molecular weight is 273 g/mol. The number of nitrogen functional groups attached to an aromatic ring is 1. The summed E-state index contributed by atoms with van der Waals surface area (Å²) in [4.78, 5) is 2.21. The third kappa shape index (κ3) is 4.20. The van der Waals surface area contributed by atoms with Crippen molar-refractivity contribution < 1.29 is 4.74 Å². The zero-order chi connectivity index (χ0) is 11.3. The van der Waals surface area contributed by atoms with E-state index in [1.165, 1.54) is 5.56 Å². The molecule has 1 rings (SSSR count). The van der Waals surface area contributed by atoms with E-state index in [-0.39, 0.29) is 0 Å². The summed E-state index contributed by atoms with van der Waals surface area (Å²) in [5.41, 5.74) is 7.70. The van der Waals surface area contributed by atoms with Crippen LogP contribution in [0.3, 0.4) is 0 Å². The van der Waals surface area contributed by atoms with Crippen LogP contribution in [0.25, 0.3) is 0 Å². The molecule has 0 saturated heterocycles. The molecule has 84 valence electrons. The number of hydrogen-bond acceptors (Lipinski definition) is 3.